The quantitative estimate of drug-likeness (QED) is 0.772. The van der Waals surface area contributed by atoms with Crippen molar-refractivity contribution < 1.29 is 13.9 Å². The molecule has 2 rings (SSSR count). The van der Waals surface area contributed by atoms with Gasteiger partial charge in [-0.15, -0.1) is 0 Å². The predicted molar refractivity (Wildman–Crippen MR) is 63.0 cm³/mol. The van der Waals surface area contributed by atoms with Crippen LogP contribution < -0.4 is 11.1 Å². The lowest BCUT2D eigenvalue weighted by Gasteiger charge is -2.21. The van der Waals surface area contributed by atoms with Crippen LogP contribution in [-0.4, -0.2) is 19.1 Å². The van der Waals surface area contributed by atoms with E-state index in [0.29, 0.717) is 26.1 Å². The molecule has 1 amide bonds. The van der Waals surface area contributed by atoms with E-state index in [2.05, 4.69) is 5.32 Å². The van der Waals surface area contributed by atoms with Crippen molar-refractivity contribution in [1.29, 1.82) is 0 Å². The van der Waals surface area contributed by atoms with E-state index in [1.807, 2.05) is 0 Å². The molecule has 0 aliphatic carbocycles. The Kier molecular flexibility index (Phi) is 3.58. The van der Waals surface area contributed by atoms with Gasteiger partial charge in [0.2, 0.25) is 5.91 Å². The number of nitrogens with two attached hydrogens (primary N) is 1. The third kappa shape index (κ3) is 2.74. The van der Waals surface area contributed by atoms with Crippen LogP contribution in [0.15, 0.2) is 18.2 Å². The molecule has 0 aromatic heterocycles. The van der Waals surface area contributed by atoms with Crippen LogP contribution >= 0.6 is 0 Å². The Morgan fingerprint density at radius 1 is 1.41 bits per heavy atom. The fraction of sp³-hybridized carbons (Fsp3) is 0.417. The summed E-state index contributed by atoms with van der Waals surface area (Å²) in [6.45, 7) is 1.15. The van der Waals surface area contributed by atoms with E-state index < -0.39 is 5.82 Å². The van der Waals surface area contributed by atoms with Crippen molar-refractivity contribution >= 4 is 17.3 Å². The second-order valence-electron chi connectivity index (χ2n) is 4.08. The van der Waals surface area contributed by atoms with Crippen LogP contribution in [0, 0.1) is 11.7 Å². The zero-order chi connectivity index (χ0) is 12.3. The first-order chi connectivity index (χ1) is 8.18. The minimum atomic E-state index is -0.509. The van der Waals surface area contributed by atoms with Crippen LogP contribution in [0.5, 0.6) is 0 Å². The van der Waals surface area contributed by atoms with Crippen LogP contribution in [0.2, 0.25) is 0 Å². The van der Waals surface area contributed by atoms with Crippen molar-refractivity contribution in [3.8, 4) is 0 Å². The molecule has 1 heterocycles. The highest BCUT2D eigenvalue weighted by Gasteiger charge is 2.22. The summed E-state index contributed by atoms with van der Waals surface area (Å²) in [5.41, 5.74) is 5.93. The molecule has 0 unspecified atom stereocenters. The largest absolute Gasteiger partial charge is 0.397 e. The van der Waals surface area contributed by atoms with Crippen molar-refractivity contribution in [3.63, 3.8) is 0 Å². The number of hydrogen-bond donors (Lipinski definition) is 2. The zero-order valence-electron chi connectivity index (χ0n) is 9.41. The van der Waals surface area contributed by atoms with Crippen LogP contribution in [0.1, 0.15) is 12.8 Å². The summed E-state index contributed by atoms with van der Waals surface area (Å²) < 4.78 is 18.6. The molecular weight excluding hydrogens is 223 g/mol. The van der Waals surface area contributed by atoms with E-state index in [4.69, 9.17) is 10.5 Å². The van der Waals surface area contributed by atoms with Gasteiger partial charge >= 0.3 is 0 Å². The number of nitrogen functional groups attached to an aromatic ring is 1. The standard InChI is InChI=1S/C12H15FN2O2/c13-9-2-1-3-10(14)11(9)15-12(16)8-4-6-17-7-5-8/h1-3,8H,4-7,14H2,(H,15,16). The first-order valence-corrected chi connectivity index (χ1v) is 5.61. The van der Waals surface area contributed by atoms with Crippen molar-refractivity contribution in [2.45, 2.75) is 12.8 Å². The van der Waals surface area contributed by atoms with Gasteiger partial charge in [-0.3, -0.25) is 4.79 Å². The lowest BCUT2D eigenvalue weighted by molar-refractivity contribution is -0.122. The zero-order valence-corrected chi connectivity index (χ0v) is 9.41. The summed E-state index contributed by atoms with van der Waals surface area (Å²) in [5.74, 6) is -0.821. The molecule has 4 nitrogen and oxygen atoms in total. The fourth-order valence-corrected chi connectivity index (χ4v) is 1.86. The molecule has 3 N–H and O–H groups in total. The minimum Gasteiger partial charge on any atom is -0.397 e. The summed E-state index contributed by atoms with van der Waals surface area (Å²) >= 11 is 0. The Morgan fingerprint density at radius 3 is 2.76 bits per heavy atom. The van der Waals surface area contributed by atoms with Crippen LogP contribution in [-0.2, 0) is 9.53 Å². The summed E-state index contributed by atoms with van der Waals surface area (Å²) in [7, 11) is 0. The number of carbonyl (C=O) groups excluding carboxylic acids is 1. The number of anilines is 2. The minimum absolute atomic E-state index is 0.0731. The molecule has 1 aromatic carbocycles. The highest BCUT2D eigenvalue weighted by Crippen LogP contribution is 2.24. The van der Waals surface area contributed by atoms with E-state index in [1.165, 1.54) is 12.1 Å². The fourth-order valence-electron chi connectivity index (χ4n) is 1.86. The number of para-hydroxylation sites is 1. The summed E-state index contributed by atoms with van der Waals surface area (Å²) in [5, 5.41) is 2.55. The summed E-state index contributed by atoms with van der Waals surface area (Å²) in [6, 6.07) is 4.34. The van der Waals surface area contributed by atoms with Gasteiger partial charge in [-0.1, -0.05) is 6.07 Å². The molecule has 0 radical (unpaired) electrons. The Bertz CT molecular complexity index is 397. The van der Waals surface area contributed by atoms with E-state index >= 15 is 0 Å². The van der Waals surface area contributed by atoms with E-state index in [9.17, 15) is 9.18 Å². The number of halogens is 1. The molecule has 5 heteroatoms. The lowest BCUT2D eigenvalue weighted by atomic mass is 9.99. The van der Waals surface area contributed by atoms with Crippen molar-refractivity contribution in [2.75, 3.05) is 24.3 Å². The molecule has 0 bridgehead atoms. The first kappa shape index (κ1) is 11.9. The van der Waals surface area contributed by atoms with Gasteiger partial charge in [-0.05, 0) is 25.0 Å². The molecule has 1 fully saturated rings. The molecule has 1 aromatic rings. The third-order valence-electron chi connectivity index (χ3n) is 2.89. The van der Waals surface area contributed by atoms with Gasteiger partial charge in [0.05, 0.1) is 5.69 Å². The van der Waals surface area contributed by atoms with Gasteiger partial charge in [-0.2, -0.15) is 0 Å². The van der Waals surface area contributed by atoms with Crippen LogP contribution in [0.3, 0.4) is 0 Å². The predicted octanol–water partition coefficient (Wildman–Crippen LogP) is 1.77. The summed E-state index contributed by atoms with van der Waals surface area (Å²) in [6.07, 6.45) is 1.33. The second-order valence-corrected chi connectivity index (χ2v) is 4.08. The van der Waals surface area contributed by atoms with Crippen LogP contribution in [0.25, 0.3) is 0 Å². The number of amides is 1. The maximum atomic E-state index is 13.5. The van der Waals surface area contributed by atoms with Crippen LogP contribution in [0.4, 0.5) is 15.8 Å². The molecular formula is C12H15FN2O2. The topological polar surface area (TPSA) is 64.3 Å². The Labute approximate surface area is 98.9 Å². The monoisotopic (exact) mass is 238 g/mol. The molecule has 0 atom stereocenters. The van der Waals surface area contributed by atoms with Gasteiger partial charge in [0.1, 0.15) is 11.5 Å². The number of ether oxygens (including phenoxy) is 1. The van der Waals surface area contributed by atoms with Gasteiger partial charge < -0.3 is 15.8 Å². The average Bonchev–Trinajstić information content (AvgIpc) is 2.35. The Morgan fingerprint density at radius 2 is 2.12 bits per heavy atom. The van der Waals surface area contributed by atoms with Crippen molar-refractivity contribution in [1.82, 2.24) is 0 Å². The van der Waals surface area contributed by atoms with E-state index in [1.54, 1.807) is 6.07 Å². The Balaban J connectivity index is 2.07. The highest BCUT2D eigenvalue weighted by molar-refractivity contribution is 5.95. The molecule has 1 saturated heterocycles. The molecule has 0 spiro atoms. The molecule has 92 valence electrons. The number of hydrogen-bond acceptors (Lipinski definition) is 3. The van der Waals surface area contributed by atoms with Gasteiger partial charge in [-0.25, -0.2) is 4.39 Å². The van der Waals surface area contributed by atoms with E-state index in [0.717, 1.165) is 0 Å². The smallest absolute Gasteiger partial charge is 0.227 e. The normalized spacial score (nSPS) is 16.8. The molecule has 1 aliphatic rings. The maximum absolute atomic E-state index is 13.5. The van der Waals surface area contributed by atoms with Gasteiger partial charge in [0.15, 0.2) is 0 Å². The van der Waals surface area contributed by atoms with Gasteiger partial charge in [0, 0.05) is 19.1 Å². The highest BCUT2D eigenvalue weighted by atomic mass is 19.1. The number of benzene rings is 1. The summed E-state index contributed by atoms with van der Waals surface area (Å²) in [4.78, 5) is 11.9. The maximum Gasteiger partial charge on any atom is 0.227 e. The van der Waals surface area contributed by atoms with Gasteiger partial charge in [0.25, 0.3) is 0 Å². The van der Waals surface area contributed by atoms with Crippen molar-refractivity contribution in [2.24, 2.45) is 5.92 Å². The number of nitrogens with one attached hydrogen (secondary N) is 1. The molecule has 0 saturated carbocycles. The first-order valence-electron chi connectivity index (χ1n) is 5.61. The molecule has 1 aliphatic heterocycles. The number of rotatable bonds is 2. The van der Waals surface area contributed by atoms with E-state index in [-0.39, 0.29) is 23.2 Å². The average molecular weight is 238 g/mol. The lowest BCUT2D eigenvalue weighted by Crippen LogP contribution is -2.29. The third-order valence-corrected chi connectivity index (χ3v) is 2.89. The second kappa shape index (κ2) is 5.14. The number of carbonyl (C=O) groups is 1. The Hall–Kier alpha value is -1.62. The van der Waals surface area contributed by atoms with Crippen molar-refractivity contribution in [3.05, 3.63) is 24.0 Å². The SMILES string of the molecule is Nc1cccc(F)c1NC(=O)C1CCOCC1. The molecule has 17 heavy (non-hydrogen) atoms.